The molecule has 0 fully saturated rings. The van der Waals surface area contributed by atoms with E-state index >= 15 is 0 Å². The molecule has 0 saturated carbocycles. The third kappa shape index (κ3) is 3.80. The SMILES string of the molecule is CN(C)C(=O)CNC(=O)c1nn2c(c1O)C(=O)N(Cc1ccc(F)cc1)CC2. The Hall–Kier alpha value is -3.43. The number of rotatable bonds is 5. The van der Waals surface area contributed by atoms with Gasteiger partial charge in [-0.1, -0.05) is 12.1 Å². The van der Waals surface area contributed by atoms with E-state index in [9.17, 15) is 23.9 Å². The van der Waals surface area contributed by atoms with Gasteiger partial charge in [0.25, 0.3) is 11.8 Å². The minimum atomic E-state index is -0.743. The summed E-state index contributed by atoms with van der Waals surface area (Å²) in [5, 5.41) is 16.8. The average Bonchev–Trinajstić information content (AvgIpc) is 3.00. The Morgan fingerprint density at radius 2 is 1.93 bits per heavy atom. The van der Waals surface area contributed by atoms with Crippen molar-refractivity contribution < 1.29 is 23.9 Å². The number of aromatic hydroxyl groups is 1. The first-order valence-electron chi connectivity index (χ1n) is 8.59. The Kier molecular flexibility index (Phi) is 5.30. The Bertz CT molecular complexity index is 923. The van der Waals surface area contributed by atoms with E-state index in [4.69, 9.17) is 0 Å². The molecule has 0 saturated heterocycles. The van der Waals surface area contributed by atoms with Crippen molar-refractivity contribution in [1.29, 1.82) is 0 Å². The van der Waals surface area contributed by atoms with Crippen molar-refractivity contribution in [3.05, 3.63) is 47.0 Å². The standard InChI is InChI=1S/C18H20FN5O4/c1-22(2)13(25)9-20-17(27)14-16(26)15-18(28)23(7-8-24(15)21-14)10-11-3-5-12(19)6-4-11/h3-6,26H,7-10H2,1-2H3,(H,20,27). The van der Waals surface area contributed by atoms with Crippen LogP contribution in [0.4, 0.5) is 4.39 Å². The van der Waals surface area contributed by atoms with Crippen LogP contribution in [0.2, 0.25) is 0 Å². The molecule has 2 heterocycles. The van der Waals surface area contributed by atoms with E-state index in [-0.39, 0.29) is 36.2 Å². The van der Waals surface area contributed by atoms with Crippen LogP contribution >= 0.6 is 0 Å². The molecule has 1 aliphatic heterocycles. The highest BCUT2D eigenvalue weighted by molar-refractivity contribution is 6.03. The quantitative estimate of drug-likeness (QED) is 0.760. The van der Waals surface area contributed by atoms with Crippen molar-refractivity contribution in [2.24, 2.45) is 0 Å². The summed E-state index contributed by atoms with van der Waals surface area (Å²) in [6.45, 7) is 0.602. The van der Waals surface area contributed by atoms with E-state index in [1.54, 1.807) is 26.2 Å². The van der Waals surface area contributed by atoms with E-state index in [1.165, 1.54) is 26.6 Å². The number of carbonyl (C=O) groups excluding carboxylic acids is 3. The highest BCUT2D eigenvalue weighted by atomic mass is 19.1. The second-order valence-electron chi connectivity index (χ2n) is 6.59. The van der Waals surface area contributed by atoms with Crippen molar-refractivity contribution in [2.75, 3.05) is 27.2 Å². The third-order valence-electron chi connectivity index (χ3n) is 4.40. The maximum atomic E-state index is 13.0. The number of hydrogen-bond acceptors (Lipinski definition) is 5. The van der Waals surface area contributed by atoms with Crippen molar-refractivity contribution in [2.45, 2.75) is 13.1 Å². The molecule has 3 rings (SSSR count). The summed E-state index contributed by atoms with van der Waals surface area (Å²) >= 11 is 0. The van der Waals surface area contributed by atoms with Crippen molar-refractivity contribution in [3.63, 3.8) is 0 Å². The van der Waals surface area contributed by atoms with E-state index in [1.807, 2.05) is 0 Å². The molecule has 2 N–H and O–H groups in total. The highest BCUT2D eigenvalue weighted by Crippen LogP contribution is 2.27. The zero-order chi connectivity index (χ0) is 20.4. The number of amides is 3. The fourth-order valence-electron chi connectivity index (χ4n) is 2.80. The lowest BCUT2D eigenvalue weighted by Crippen LogP contribution is -2.39. The van der Waals surface area contributed by atoms with Crippen LogP contribution < -0.4 is 5.32 Å². The van der Waals surface area contributed by atoms with Gasteiger partial charge >= 0.3 is 0 Å². The van der Waals surface area contributed by atoms with Crippen LogP contribution in [0.1, 0.15) is 26.5 Å². The minimum Gasteiger partial charge on any atom is -0.504 e. The molecule has 10 heteroatoms. The maximum Gasteiger partial charge on any atom is 0.276 e. The average molecular weight is 389 g/mol. The van der Waals surface area contributed by atoms with Crippen molar-refractivity contribution in [1.82, 2.24) is 24.9 Å². The number of benzene rings is 1. The lowest BCUT2D eigenvalue weighted by molar-refractivity contribution is -0.127. The molecule has 1 aromatic carbocycles. The van der Waals surface area contributed by atoms with Crippen LogP contribution in [0.15, 0.2) is 24.3 Å². The number of aromatic nitrogens is 2. The van der Waals surface area contributed by atoms with Gasteiger partial charge in [0.1, 0.15) is 5.82 Å². The molecule has 9 nitrogen and oxygen atoms in total. The third-order valence-corrected chi connectivity index (χ3v) is 4.40. The highest BCUT2D eigenvalue weighted by Gasteiger charge is 2.33. The number of carbonyl (C=O) groups is 3. The Labute approximate surface area is 160 Å². The molecule has 1 aromatic heterocycles. The number of nitrogens with zero attached hydrogens (tertiary/aromatic N) is 4. The van der Waals surface area contributed by atoms with Crippen LogP contribution in [0.5, 0.6) is 5.75 Å². The lowest BCUT2D eigenvalue weighted by atomic mass is 10.1. The summed E-state index contributed by atoms with van der Waals surface area (Å²) in [6.07, 6.45) is 0. The van der Waals surface area contributed by atoms with Crippen molar-refractivity contribution in [3.8, 4) is 5.75 Å². The number of hydrogen-bond donors (Lipinski definition) is 2. The predicted octanol–water partition coefficient (Wildman–Crippen LogP) is 0.202. The van der Waals surface area contributed by atoms with E-state index in [0.29, 0.717) is 13.1 Å². The Morgan fingerprint density at radius 3 is 2.57 bits per heavy atom. The largest absolute Gasteiger partial charge is 0.504 e. The molecule has 0 spiro atoms. The number of halogens is 1. The molecule has 1 aliphatic rings. The first-order valence-corrected chi connectivity index (χ1v) is 8.59. The van der Waals surface area contributed by atoms with Crippen molar-refractivity contribution >= 4 is 17.7 Å². The van der Waals surface area contributed by atoms with E-state index in [2.05, 4.69) is 10.4 Å². The summed E-state index contributed by atoms with van der Waals surface area (Å²) in [5.74, 6) is -2.44. The number of fused-ring (bicyclic) bond motifs is 1. The van der Waals surface area contributed by atoms with Gasteiger partial charge in [0.15, 0.2) is 17.1 Å². The first-order chi connectivity index (χ1) is 13.3. The summed E-state index contributed by atoms with van der Waals surface area (Å²) in [4.78, 5) is 39.4. The van der Waals surface area contributed by atoms with Gasteiger partial charge < -0.3 is 20.2 Å². The number of likely N-dealkylation sites (N-methyl/N-ethyl adjacent to an activating group) is 1. The van der Waals surface area contributed by atoms with Crippen LogP contribution in [0.3, 0.4) is 0 Å². The zero-order valence-corrected chi connectivity index (χ0v) is 15.5. The van der Waals surface area contributed by atoms with Gasteiger partial charge in [-0.2, -0.15) is 5.10 Å². The molecule has 148 valence electrons. The molecule has 0 aliphatic carbocycles. The first kappa shape index (κ1) is 19.3. The molecule has 3 amide bonds. The smallest absolute Gasteiger partial charge is 0.276 e. The summed E-state index contributed by atoms with van der Waals surface area (Å²) < 4.78 is 14.3. The summed E-state index contributed by atoms with van der Waals surface area (Å²) in [7, 11) is 3.10. The summed E-state index contributed by atoms with van der Waals surface area (Å²) in [6, 6.07) is 5.77. The maximum absolute atomic E-state index is 13.0. The molecular formula is C18H20FN5O4. The van der Waals surface area contributed by atoms with E-state index < -0.39 is 17.6 Å². The fourth-order valence-corrected chi connectivity index (χ4v) is 2.80. The van der Waals surface area contributed by atoms with Crippen LogP contribution in [0.25, 0.3) is 0 Å². The van der Waals surface area contributed by atoms with Gasteiger partial charge in [-0.3, -0.25) is 19.1 Å². The predicted molar refractivity (Wildman–Crippen MR) is 96.1 cm³/mol. The van der Waals surface area contributed by atoms with Gasteiger partial charge in [-0.25, -0.2) is 4.39 Å². The van der Waals surface area contributed by atoms with Crippen LogP contribution in [-0.4, -0.2) is 69.6 Å². The second-order valence-corrected chi connectivity index (χ2v) is 6.59. The topological polar surface area (TPSA) is 108 Å². The molecule has 2 aromatic rings. The molecule has 0 unspecified atom stereocenters. The molecular weight excluding hydrogens is 369 g/mol. The Morgan fingerprint density at radius 1 is 1.25 bits per heavy atom. The normalized spacial score (nSPS) is 13.2. The van der Waals surface area contributed by atoms with E-state index in [0.717, 1.165) is 5.56 Å². The summed E-state index contributed by atoms with van der Waals surface area (Å²) in [5.41, 5.74) is 0.346. The van der Waals surface area contributed by atoms with Gasteiger partial charge in [0.05, 0.1) is 13.1 Å². The lowest BCUT2D eigenvalue weighted by Gasteiger charge is -2.27. The van der Waals surface area contributed by atoms with Crippen LogP contribution in [0, 0.1) is 5.82 Å². The van der Waals surface area contributed by atoms with Crippen LogP contribution in [-0.2, 0) is 17.9 Å². The monoisotopic (exact) mass is 389 g/mol. The molecule has 0 radical (unpaired) electrons. The molecule has 0 bridgehead atoms. The van der Waals surface area contributed by atoms with Gasteiger partial charge in [0.2, 0.25) is 5.91 Å². The van der Waals surface area contributed by atoms with Gasteiger partial charge in [-0.05, 0) is 17.7 Å². The minimum absolute atomic E-state index is 0.0857. The molecule has 28 heavy (non-hydrogen) atoms. The van der Waals surface area contributed by atoms with Gasteiger partial charge in [-0.15, -0.1) is 0 Å². The fraction of sp³-hybridized carbons (Fsp3) is 0.333. The van der Waals surface area contributed by atoms with Gasteiger partial charge in [0, 0.05) is 27.2 Å². The Balaban J connectivity index is 1.75. The zero-order valence-electron chi connectivity index (χ0n) is 15.5. The molecule has 0 atom stereocenters. The number of nitrogens with one attached hydrogen (secondary N) is 1. The second kappa shape index (κ2) is 7.67.